The van der Waals surface area contributed by atoms with Crippen molar-refractivity contribution < 1.29 is 13.3 Å². The minimum Gasteiger partial charge on any atom is -0.371 e. The number of hydrogen-bond donors (Lipinski definition) is 0. The molecule has 17 heavy (non-hydrogen) atoms. The maximum absolute atomic E-state index is 6.10. The van der Waals surface area contributed by atoms with Gasteiger partial charge in [0.05, 0.1) is 0 Å². The van der Waals surface area contributed by atoms with Crippen molar-refractivity contribution in [1.82, 2.24) is 0 Å². The SMILES string of the molecule is CC(C)O[Si](CC1CC1)(OC(C)C)OC(C)C. The fourth-order valence-electron chi connectivity index (χ4n) is 1.98. The molecule has 0 unspecified atom stereocenters. The molecule has 0 spiro atoms. The van der Waals surface area contributed by atoms with Gasteiger partial charge in [-0.05, 0) is 47.5 Å². The van der Waals surface area contributed by atoms with Gasteiger partial charge in [0.25, 0.3) is 0 Å². The van der Waals surface area contributed by atoms with Gasteiger partial charge in [-0.15, -0.1) is 0 Å². The Bertz CT molecular complexity index is 189. The fourth-order valence-corrected chi connectivity index (χ4v) is 5.71. The third kappa shape index (κ3) is 6.00. The molecule has 1 fully saturated rings. The average molecular weight is 260 g/mol. The topological polar surface area (TPSA) is 27.7 Å². The van der Waals surface area contributed by atoms with E-state index in [1.54, 1.807) is 0 Å². The quantitative estimate of drug-likeness (QED) is 0.624. The summed E-state index contributed by atoms with van der Waals surface area (Å²) in [5.74, 6) is 0.762. The zero-order chi connectivity index (χ0) is 13.1. The van der Waals surface area contributed by atoms with Crippen LogP contribution in [0.15, 0.2) is 0 Å². The Morgan fingerprint density at radius 1 is 0.824 bits per heavy atom. The van der Waals surface area contributed by atoms with Crippen molar-refractivity contribution in [3.8, 4) is 0 Å². The van der Waals surface area contributed by atoms with Gasteiger partial charge < -0.3 is 13.3 Å². The summed E-state index contributed by atoms with van der Waals surface area (Å²) in [5.41, 5.74) is 0. The zero-order valence-electron chi connectivity index (χ0n) is 12.2. The maximum Gasteiger partial charge on any atom is 0.501 e. The molecule has 0 saturated heterocycles. The van der Waals surface area contributed by atoms with E-state index in [9.17, 15) is 0 Å². The first-order chi connectivity index (χ1) is 7.83. The summed E-state index contributed by atoms with van der Waals surface area (Å²) in [7, 11) is -2.49. The van der Waals surface area contributed by atoms with Gasteiger partial charge in [0.2, 0.25) is 0 Å². The fraction of sp³-hybridized carbons (Fsp3) is 1.00. The van der Waals surface area contributed by atoms with Gasteiger partial charge in [0.15, 0.2) is 0 Å². The van der Waals surface area contributed by atoms with Gasteiger partial charge in [-0.1, -0.05) is 12.8 Å². The lowest BCUT2D eigenvalue weighted by molar-refractivity contribution is 0.00223. The predicted octanol–water partition coefficient (Wildman–Crippen LogP) is 3.61. The molecule has 0 bridgehead atoms. The molecule has 0 radical (unpaired) electrons. The van der Waals surface area contributed by atoms with Crippen LogP contribution in [-0.2, 0) is 13.3 Å². The van der Waals surface area contributed by atoms with E-state index in [4.69, 9.17) is 13.3 Å². The van der Waals surface area contributed by atoms with Crippen molar-refractivity contribution in [2.75, 3.05) is 0 Å². The van der Waals surface area contributed by atoms with Crippen molar-refractivity contribution in [1.29, 1.82) is 0 Å². The van der Waals surface area contributed by atoms with Gasteiger partial charge in [0.1, 0.15) is 0 Å². The number of hydrogen-bond acceptors (Lipinski definition) is 3. The average Bonchev–Trinajstić information content (AvgIpc) is 2.82. The molecule has 0 atom stereocenters. The standard InChI is InChI=1S/C13H28O3Si/c1-10(2)14-17(15-11(3)4,16-12(5)6)9-13-7-8-13/h10-13H,7-9H2,1-6H3. The van der Waals surface area contributed by atoms with E-state index in [1.807, 2.05) is 0 Å². The van der Waals surface area contributed by atoms with E-state index in [1.165, 1.54) is 12.8 Å². The summed E-state index contributed by atoms with van der Waals surface area (Å²) in [4.78, 5) is 0. The molecule has 4 heteroatoms. The molecule has 0 aromatic rings. The molecule has 1 aliphatic rings. The second-order valence-corrected chi connectivity index (χ2v) is 8.31. The van der Waals surface area contributed by atoms with Crippen molar-refractivity contribution in [2.45, 2.75) is 78.7 Å². The van der Waals surface area contributed by atoms with Crippen molar-refractivity contribution >= 4 is 8.80 Å². The molecule has 0 aromatic heterocycles. The normalized spacial score (nSPS) is 17.5. The number of rotatable bonds is 8. The molecular formula is C13H28O3Si. The molecule has 102 valence electrons. The zero-order valence-corrected chi connectivity index (χ0v) is 13.2. The first kappa shape index (κ1) is 15.2. The molecule has 1 rings (SSSR count). The highest BCUT2D eigenvalue weighted by Crippen LogP contribution is 2.39. The molecule has 0 N–H and O–H groups in total. The molecule has 0 amide bonds. The van der Waals surface area contributed by atoms with Crippen LogP contribution >= 0.6 is 0 Å². The Labute approximate surface area is 107 Å². The Kier molecular flexibility index (Phi) is 5.63. The first-order valence-electron chi connectivity index (χ1n) is 6.86. The summed E-state index contributed by atoms with van der Waals surface area (Å²) in [6.45, 7) is 12.3. The van der Waals surface area contributed by atoms with Crippen LogP contribution in [0.3, 0.4) is 0 Å². The van der Waals surface area contributed by atoms with Crippen molar-refractivity contribution in [3.05, 3.63) is 0 Å². The lowest BCUT2D eigenvalue weighted by Gasteiger charge is -2.34. The van der Waals surface area contributed by atoms with E-state index in [-0.39, 0.29) is 18.3 Å². The molecule has 0 aliphatic heterocycles. The highest BCUT2D eigenvalue weighted by molar-refractivity contribution is 6.61. The summed E-state index contributed by atoms with van der Waals surface area (Å²) in [6, 6.07) is 0.988. The van der Waals surface area contributed by atoms with E-state index < -0.39 is 8.80 Å². The smallest absolute Gasteiger partial charge is 0.371 e. The van der Waals surface area contributed by atoms with Gasteiger partial charge in [0, 0.05) is 24.4 Å². The minimum absolute atomic E-state index is 0.165. The molecule has 3 nitrogen and oxygen atoms in total. The minimum atomic E-state index is -2.49. The predicted molar refractivity (Wildman–Crippen MR) is 71.9 cm³/mol. The Balaban J connectivity index is 2.72. The lowest BCUT2D eigenvalue weighted by Crippen LogP contribution is -2.51. The van der Waals surface area contributed by atoms with E-state index in [0.717, 1.165) is 12.0 Å². The largest absolute Gasteiger partial charge is 0.501 e. The third-order valence-corrected chi connectivity index (χ3v) is 6.05. The Morgan fingerprint density at radius 2 is 1.18 bits per heavy atom. The van der Waals surface area contributed by atoms with E-state index >= 15 is 0 Å². The van der Waals surface area contributed by atoms with Crippen LogP contribution in [0.5, 0.6) is 0 Å². The van der Waals surface area contributed by atoms with E-state index in [0.29, 0.717) is 0 Å². The van der Waals surface area contributed by atoms with Crippen LogP contribution in [0.1, 0.15) is 54.4 Å². The van der Waals surface area contributed by atoms with Crippen LogP contribution in [0.2, 0.25) is 6.04 Å². The van der Waals surface area contributed by atoms with Crippen molar-refractivity contribution in [3.63, 3.8) is 0 Å². The summed E-state index contributed by atoms with van der Waals surface area (Å²) < 4.78 is 18.3. The Hall–Kier alpha value is 0.0969. The molecule has 0 aromatic carbocycles. The van der Waals surface area contributed by atoms with Crippen LogP contribution in [0.4, 0.5) is 0 Å². The second-order valence-electron chi connectivity index (χ2n) is 5.83. The third-order valence-electron chi connectivity index (χ3n) is 2.48. The molecule has 0 heterocycles. The summed E-state index contributed by atoms with van der Waals surface area (Å²) in [5, 5.41) is 0. The molecular weight excluding hydrogens is 232 g/mol. The second kappa shape index (κ2) is 6.32. The Morgan fingerprint density at radius 3 is 1.41 bits per heavy atom. The van der Waals surface area contributed by atoms with Gasteiger partial charge in [-0.2, -0.15) is 0 Å². The van der Waals surface area contributed by atoms with Gasteiger partial charge in [-0.25, -0.2) is 0 Å². The monoisotopic (exact) mass is 260 g/mol. The van der Waals surface area contributed by atoms with Gasteiger partial charge in [-0.3, -0.25) is 0 Å². The first-order valence-corrected chi connectivity index (χ1v) is 8.79. The summed E-state index contributed by atoms with van der Waals surface area (Å²) >= 11 is 0. The van der Waals surface area contributed by atoms with Crippen LogP contribution < -0.4 is 0 Å². The molecule has 1 aliphatic carbocycles. The molecule has 1 saturated carbocycles. The van der Waals surface area contributed by atoms with Crippen molar-refractivity contribution in [2.24, 2.45) is 5.92 Å². The summed E-state index contributed by atoms with van der Waals surface area (Å²) in [6.07, 6.45) is 3.10. The van der Waals surface area contributed by atoms with E-state index in [2.05, 4.69) is 41.5 Å². The van der Waals surface area contributed by atoms with Crippen LogP contribution in [0, 0.1) is 5.92 Å². The maximum atomic E-state index is 6.10. The van der Waals surface area contributed by atoms with Crippen LogP contribution in [0.25, 0.3) is 0 Å². The van der Waals surface area contributed by atoms with Gasteiger partial charge >= 0.3 is 8.80 Å². The lowest BCUT2D eigenvalue weighted by atomic mass is 10.5. The highest BCUT2D eigenvalue weighted by Gasteiger charge is 2.48. The van der Waals surface area contributed by atoms with Crippen LogP contribution in [-0.4, -0.2) is 27.1 Å². The highest BCUT2D eigenvalue weighted by atomic mass is 28.4.